The maximum atomic E-state index is 13.0. The van der Waals surface area contributed by atoms with Gasteiger partial charge in [0.15, 0.2) is 11.0 Å². The summed E-state index contributed by atoms with van der Waals surface area (Å²) in [6.45, 7) is 8.04. The second kappa shape index (κ2) is 6.25. The van der Waals surface area contributed by atoms with Crippen LogP contribution in [-0.4, -0.2) is 19.7 Å². The highest BCUT2D eigenvalue weighted by molar-refractivity contribution is 7.98. The number of rotatable bonds is 5. The summed E-state index contributed by atoms with van der Waals surface area (Å²) in [6, 6.07) is 0.0406. The summed E-state index contributed by atoms with van der Waals surface area (Å²) in [5, 5.41) is 5.51. The molecule has 0 bridgehead atoms. The highest BCUT2D eigenvalue weighted by atomic mass is 32.2. The lowest BCUT2D eigenvalue weighted by Gasteiger charge is -2.14. The largest absolute Gasteiger partial charge is 0.339 e. The molecule has 0 amide bonds. The Morgan fingerprint density at radius 1 is 1.32 bits per heavy atom. The van der Waals surface area contributed by atoms with Crippen molar-refractivity contribution in [2.75, 3.05) is 0 Å². The van der Waals surface area contributed by atoms with Gasteiger partial charge in [0.2, 0.25) is 5.89 Å². The zero-order valence-electron chi connectivity index (χ0n) is 14.7. The van der Waals surface area contributed by atoms with Gasteiger partial charge in [0.1, 0.15) is 4.83 Å². The summed E-state index contributed by atoms with van der Waals surface area (Å²) in [5.41, 5.74) is 1.08. The minimum absolute atomic E-state index is 0.0381. The van der Waals surface area contributed by atoms with Crippen LogP contribution in [0.15, 0.2) is 14.5 Å². The quantitative estimate of drug-likeness (QED) is 0.490. The third kappa shape index (κ3) is 3.01. The molecule has 25 heavy (non-hydrogen) atoms. The van der Waals surface area contributed by atoms with Crippen LogP contribution in [-0.2, 0) is 5.75 Å². The van der Waals surface area contributed by atoms with E-state index in [1.54, 1.807) is 15.9 Å². The molecule has 4 rings (SSSR count). The van der Waals surface area contributed by atoms with Crippen molar-refractivity contribution in [2.45, 2.75) is 63.4 Å². The lowest BCUT2D eigenvalue weighted by atomic mass is 10.2. The number of aromatic nitrogens is 4. The first kappa shape index (κ1) is 16.8. The van der Waals surface area contributed by atoms with Crippen molar-refractivity contribution in [1.82, 2.24) is 19.7 Å². The lowest BCUT2D eigenvalue weighted by molar-refractivity contribution is 0.375. The second-order valence-electron chi connectivity index (χ2n) is 6.74. The van der Waals surface area contributed by atoms with E-state index in [2.05, 4.69) is 10.1 Å². The second-order valence-corrected chi connectivity index (χ2v) is 8.88. The molecule has 0 atom stereocenters. The summed E-state index contributed by atoms with van der Waals surface area (Å²) in [7, 11) is 0. The van der Waals surface area contributed by atoms with Gasteiger partial charge in [-0.05, 0) is 46.1 Å². The van der Waals surface area contributed by atoms with Crippen LogP contribution >= 0.6 is 23.1 Å². The fraction of sp³-hybridized carbons (Fsp3) is 0.529. The van der Waals surface area contributed by atoms with Crippen LogP contribution in [0.2, 0.25) is 0 Å². The van der Waals surface area contributed by atoms with Gasteiger partial charge in [0, 0.05) is 16.8 Å². The molecule has 1 saturated carbocycles. The third-order valence-electron chi connectivity index (χ3n) is 4.46. The predicted octanol–water partition coefficient (Wildman–Crippen LogP) is 4.21. The summed E-state index contributed by atoms with van der Waals surface area (Å²) >= 11 is 3.07. The van der Waals surface area contributed by atoms with Gasteiger partial charge in [-0.25, -0.2) is 4.98 Å². The van der Waals surface area contributed by atoms with Crippen LogP contribution in [0.3, 0.4) is 0 Å². The molecule has 132 valence electrons. The molecule has 0 radical (unpaired) electrons. The number of thioether (sulfide) groups is 1. The Balaban J connectivity index is 1.69. The Hall–Kier alpha value is -1.67. The fourth-order valence-corrected chi connectivity index (χ4v) is 4.84. The number of fused-ring (bicyclic) bond motifs is 1. The van der Waals surface area contributed by atoms with E-state index in [4.69, 9.17) is 9.51 Å². The van der Waals surface area contributed by atoms with Crippen molar-refractivity contribution in [3.05, 3.63) is 32.5 Å². The van der Waals surface area contributed by atoms with Crippen molar-refractivity contribution < 1.29 is 4.52 Å². The zero-order chi connectivity index (χ0) is 17.7. The highest BCUT2D eigenvalue weighted by Gasteiger charge is 2.29. The summed E-state index contributed by atoms with van der Waals surface area (Å²) in [5.74, 6) is 2.40. The molecule has 6 nitrogen and oxygen atoms in total. The maximum Gasteiger partial charge on any atom is 0.263 e. The molecule has 8 heteroatoms. The van der Waals surface area contributed by atoms with Gasteiger partial charge < -0.3 is 4.52 Å². The number of hydrogen-bond donors (Lipinski definition) is 0. The monoisotopic (exact) mass is 376 g/mol. The van der Waals surface area contributed by atoms with E-state index in [0.29, 0.717) is 22.7 Å². The predicted molar refractivity (Wildman–Crippen MR) is 99.6 cm³/mol. The van der Waals surface area contributed by atoms with Gasteiger partial charge in [-0.1, -0.05) is 16.9 Å². The topological polar surface area (TPSA) is 73.8 Å². The van der Waals surface area contributed by atoms with E-state index in [1.807, 2.05) is 27.7 Å². The molecule has 1 aliphatic rings. The molecule has 0 aromatic carbocycles. The van der Waals surface area contributed by atoms with Crippen LogP contribution in [0.5, 0.6) is 0 Å². The van der Waals surface area contributed by atoms with Gasteiger partial charge in [0.25, 0.3) is 5.56 Å². The van der Waals surface area contributed by atoms with Crippen molar-refractivity contribution in [2.24, 2.45) is 0 Å². The third-order valence-corrected chi connectivity index (χ3v) is 6.51. The highest BCUT2D eigenvalue weighted by Crippen LogP contribution is 2.39. The van der Waals surface area contributed by atoms with Crippen molar-refractivity contribution >= 4 is 33.3 Å². The summed E-state index contributed by atoms with van der Waals surface area (Å²) in [6.07, 6.45) is 2.27. The SMILES string of the molecule is Cc1sc2nc(SCc3noc(C4CC4)n3)n(C(C)C)c(=O)c2c1C. The Kier molecular flexibility index (Phi) is 4.19. The van der Waals surface area contributed by atoms with E-state index in [9.17, 15) is 4.79 Å². The molecule has 1 aliphatic carbocycles. The average Bonchev–Trinajstić information content (AvgIpc) is 3.23. The minimum atomic E-state index is 0.0381. The van der Waals surface area contributed by atoms with E-state index >= 15 is 0 Å². The Labute approximate surface area is 153 Å². The van der Waals surface area contributed by atoms with Crippen molar-refractivity contribution in [3.63, 3.8) is 0 Å². The molecule has 3 aromatic heterocycles. The van der Waals surface area contributed by atoms with Gasteiger partial charge in [0.05, 0.1) is 11.1 Å². The van der Waals surface area contributed by atoms with E-state index in [1.165, 1.54) is 11.8 Å². The number of nitrogens with zero attached hydrogens (tertiary/aromatic N) is 4. The summed E-state index contributed by atoms with van der Waals surface area (Å²) < 4.78 is 7.08. The van der Waals surface area contributed by atoms with Gasteiger partial charge in [-0.15, -0.1) is 11.3 Å². The molecular formula is C17H20N4O2S2. The zero-order valence-corrected chi connectivity index (χ0v) is 16.3. The molecule has 0 N–H and O–H groups in total. The first-order chi connectivity index (χ1) is 12.0. The number of thiophene rings is 1. The smallest absolute Gasteiger partial charge is 0.263 e. The Bertz CT molecular complexity index is 998. The van der Waals surface area contributed by atoms with Crippen LogP contribution < -0.4 is 5.56 Å². The molecule has 3 aromatic rings. The first-order valence-electron chi connectivity index (χ1n) is 8.43. The van der Waals surface area contributed by atoms with Crippen LogP contribution in [0, 0.1) is 13.8 Å². The van der Waals surface area contributed by atoms with Crippen LogP contribution in [0.25, 0.3) is 10.2 Å². The molecule has 0 unspecified atom stereocenters. The maximum absolute atomic E-state index is 13.0. The van der Waals surface area contributed by atoms with E-state index in [0.717, 1.165) is 39.4 Å². The number of hydrogen-bond acceptors (Lipinski definition) is 7. The standard InChI is InChI=1S/C17H20N4O2S2/c1-8(2)21-16(22)13-9(3)10(4)25-15(13)19-17(21)24-7-12-18-14(23-20-12)11-5-6-11/h8,11H,5-7H2,1-4H3. The lowest BCUT2D eigenvalue weighted by Crippen LogP contribution is -2.25. The first-order valence-corrected chi connectivity index (χ1v) is 10.2. The van der Waals surface area contributed by atoms with Gasteiger partial charge in [-0.3, -0.25) is 9.36 Å². The van der Waals surface area contributed by atoms with Crippen molar-refractivity contribution in [3.8, 4) is 0 Å². The molecule has 1 fully saturated rings. The number of aryl methyl sites for hydroxylation is 2. The minimum Gasteiger partial charge on any atom is -0.339 e. The fourth-order valence-electron chi connectivity index (χ4n) is 2.80. The van der Waals surface area contributed by atoms with Crippen LogP contribution in [0.4, 0.5) is 0 Å². The Morgan fingerprint density at radius 2 is 2.08 bits per heavy atom. The average molecular weight is 377 g/mol. The van der Waals surface area contributed by atoms with E-state index < -0.39 is 0 Å². The molecule has 3 heterocycles. The van der Waals surface area contributed by atoms with Gasteiger partial charge in [-0.2, -0.15) is 4.98 Å². The van der Waals surface area contributed by atoms with Crippen LogP contribution in [0.1, 0.15) is 60.8 Å². The molecular weight excluding hydrogens is 356 g/mol. The Morgan fingerprint density at radius 3 is 2.76 bits per heavy atom. The molecule has 0 aliphatic heterocycles. The van der Waals surface area contributed by atoms with Gasteiger partial charge >= 0.3 is 0 Å². The molecule has 0 saturated heterocycles. The van der Waals surface area contributed by atoms with Crippen molar-refractivity contribution in [1.29, 1.82) is 0 Å². The normalized spacial score (nSPS) is 14.8. The molecule has 0 spiro atoms. The van der Waals surface area contributed by atoms with E-state index in [-0.39, 0.29) is 11.6 Å². The summed E-state index contributed by atoms with van der Waals surface area (Å²) in [4.78, 5) is 24.2.